The fourth-order valence-electron chi connectivity index (χ4n) is 2.68. The van der Waals surface area contributed by atoms with E-state index < -0.39 is 5.54 Å². The zero-order valence-corrected chi connectivity index (χ0v) is 13.0. The molecule has 0 aromatic heterocycles. The van der Waals surface area contributed by atoms with E-state index in [9.17, 15) is 4.79 Å². The average molecular weight is 287 g/mol. The van der Waals surface area contributed by atoms with Gasteiger partial charge in [0.2, 0.25) is 5.91 Å². The lowest BCUT2D eigenvalue weighted by Crippen LogP contribution is -2.61. The second-order valence-corrected chi connectivity index (χ2v) is 5.85. The molecule has 1 aliphatic rings. The molecule has 1 saturated heterocycles. The highest BCUT2D eigenvalue weighted by Gasteiger charge is 2.40. The van der Waals surface area contributed by atoms with Gasteiger partial charge in [-0.2, -0.15) is 5.26 Å². The third-order valence-corrected chi connectivity index (χ3v) is 4.13. The summed E-state index contributed by atoms with van der Waals surface area (Å²) >= 11 is 0. The molecule has 1 aliphatic heterocycles. The van der Waals surface area contributed by atoms with Gasteiger partial charge in [0, 0.05) is 26.7 Å². The molecule has 5 nitrogen and oxygen atoms in total. The summed E-state index contributed by atoms with van der Waals surface area (Å²) < 4.78 is 5.24. The number of likely N-dealkylation sites (N-methyl/N-ethyl adjacent to an activating group) is 1. The second-order valence-electron chi connectivity index (χ2n) is 5.85. The van der Waals surface area contributed by atoms with E-state index in [2.05, 4.69) is 11.0 Å². The lowest BCUT2D eigenvalue weighted by Gasteiger charge is -2.44. The van der Waals surface area contributed by atoms with Crippen molar-refractivity contribution < 1.29 is 9.53 Å². The first-order valence-corrected chi connectivity index (χ1v) is 6.97. The molecule has 21 heavy (non-hydrogen) atoms. The van der Waals surface area contributed by atoms with Gasteiger partial charge >= 0.3 is 0 Å². The highest BCUT2D eigenvalue weighted by Crippen LogP contribution is 2.26. The summed E-state index contributed by atoms with van der Waals surface area (Å²) in [6, 6.07) is 7.66. The van der Waals surface area contributed by atoms with Crippen LogP contribution in [-0.4, -0.2) is 48.5 Å². The number of rotatable bonds is 3. The molecule has 0 unspecified atom stereocenters. The fourth-order valence-corrected chi connectivity index (χ4v) is 2.68. The number of piperazine rings is 1. The summed E-state index contributed by atoms with van der Waals surface area (Å²) in [5, 5.41) is 9.02. The maximum absolute atomic E-state index is 12.3. The van der Waals surface area contributed by atoms with Crippen LogP contribution in [0.25, 0.3) is 0 Å². The topological polar surface area (TPSA) is 56.6 Å². The van der Waals surface area contributed by atoms with Crippen molar-refractivity contribution in [2.75, 3.05) is 27.2 Å². The van der Waals surface area contributed by atoms with E-state index in [0.29, 0.717) is 17.9 Å². The molecule has 5 heteroatoms. The molecule has 0 saturated carbocycles. The van der Waals surface area contributed by atoms with E-state index in [0.717, 1.165) is 18.7 Å². The zero-order valence-electron chi connectivity index (χ0n) is 13.0. The Bertz CT molecular complexity index is 590. The fraction of sp³-hybridized carbons (Fsp3) is 0.500. The molecule has 0 atom stereocenters. The maximum atomic E-state index is 12.3. The van der Waals surface area contributed by atoms with Crippen LogP contribution in [0.1, 0.15) is 25.0 Å². The first-order valence-electron chi connectivity index (χ1n) is 6.97. The van der Waals surface area contributed by atoms with Crippen molar-refractivity contribution in [3.63, 3.8) is 0 Å². The number of carbonyl (C=O) groups is 1. The molecular formula is C16H21N3O2. The highest BCUT2D eigenvalue weighted by atomic mass is 16.5. The Hall–Kier alpha value is -2.06. The molecule has 2 rings (SSSR count). The largest absolute Gasteiger partial charge is 0.495 e. The number of ether oxygens (including phenoxy) is 1. The molecule has 0 bridgehead atoms. The summed E-state index contributed by atoms with van der Waals surface area (Å²) in [6.45, 7) is 6.12. The Labute approximate surface area is 125 Å². The lowest BCUT2D eigenvalue weighted by atomic mass is 9.96. The van der Waals surface area contributed by atoms with Crippen molar-refractivity contribution in [2.24, 2.45) is 0 Å². The Morgan fingerprint density at radius 3 is 2.71 bits per heavy atom. The maximum Gasteiger partial charge on any atom is 0.242 e. The van der Waals surface area contributed by atoms with Crippen LogP contribution in [0.4, 0.5) is 0 Å². The van der Waals surface area contributed by atoms with Crippen molar-refractivity contribution in [3.8, 4) is 11.8 Å². The minimum atomic E-state index is -0.520. The number of hydrogen-bond acceptors (Lipinski definition) is 4. The molecule has 0 aliphatic carbocycles. The van der Waals surface area contributed by atoms with Gasteiger partial charge in [-0.05, 0) is 31.5 Å². The van der Waals surface area contributed by atoms with Gasteiger partial charge in [-0.25, -0.2) is 0 Å². The molecule has 1 amide bonds. The summed E-state index contributed by atoms with van der Waals surface area (Å²) in [6.07, 6.45) is 0. The van der Waals surface area contributed by atoms with Gasteiger partial charge in [-0.1, -0.05) is 6.07 Å². The summed E-state index contributed by atoms with van der Waals surface area (Å²) in [7, 11) is 3.40. The van der Waals surface area contributed by atoms with Gasteiger partial charge in [-0.15, -0.1) is 0 Å². The molecule has 0 spiro atoms. The Balaban J connectivity index is 2.22. The number of carbonyl (C=O) groups excluding carboxylic acids is 1. The third-order valence-electron chi connectivity index (χ3n) is 4.13. The van der Waals surface area contributed by atoms with Crippen LogP contribution >= 0.6 is 0 Å². The molecule has 1 aromatic rings. The van der Waals surface area contributed by atoms with E-state index in [1.54, 1.807) is 18.1 Å². The smallest absolute Gasteiger partial charge is 0.242 e. The van der Waals surface area contributed by atoms with Crippen molar-refractivity contribution in [1.82, 2.24) is 9.80 Å². The van der Waals surface area contributed by atoms with Gasteiger partial charge in [0.15, 0.2) is 0 Å². The summed E-state index contributed by atoms with van der Waals surface area (Å²) in [4.78, 5) is 16.2. The molecule has 0 radical (unpaired) electrons. The van der Waals surface area contributed by atoms with E-state index >= 15 is 0 Å². The first-order chi connectivity index (χ1) is 9.90. The van der Waals surface area contributed by atoms with Crippen LogP contribution in [-0.2, 0) is 11.3 Å². The third kappa shape index (κ3) is 2.86. The molecule has 0 N–H and O–H groups in total. The minimum absolute atomic E-state index is 0.134. The zero-order chi connectivity index (χ0) is 15.6. The Morgan fingerprint density at radius 1 is 1.38 bits per heavy atom. The number of nitrogens with zero attached hydrogens (tertiary/aromatic N) is 3. The number of nitriles is 1. The van der Waals surface area contributed by atoms with Gasteiger partial charge in [0.25, 0.3) is 0 Å². The van der Waals surface area contributed by atoms with Gasteiger partial charge in [0.05, 0.1) is 18.2 Å². The van der Waals surface area contributed by atoms with Crippen LogP contribution in [0.3, 0.4) is 0 Å². The van der Waals surface area contributed by atoms with Crippen LogP contribution < -0.4 is 4.74 Å². The predicted octanol–water partition coefficient (Wildman–Crippen LogP) is 1.62. The van der Waals surface area contributed by atoms with Crippen molar-refractivity contribution in [2.45, 2.75) is 25.9 Å². The summed E-state index contributed by atoms with van der Waals surface area (Å²) in [5.41, 5.74) is 1.04. The summed E-state index contributed by atoms with van der Waals surface area (Å²) in [5.74, 6) is 0.711. The molecule has 112 valence electrons. The highest BCUT2D eigenvalue weighted by molar-refractivity contribution is 5.86. The van der Waals surface area contributed by atoms with Crippen LogP contribution in [0.2, 0.25) is 0 Å². The molecule has 1 fully saturated rings. The standard InChI is InChI=1S/C16H21N3O2/c1-16(2)15(20)18(3)7-8-19(16)11-12-5-6-13(10-17)14(9-12)21-4/h5-6,9H,7-8,11H2,1-4H3. The van der Waals surface area contributed by atoms with E-state index in [4.69, 9.17) is 10.00 Å². The van der Waals surface area contributed by atoms with Gasteiger partial charge < -0.3 is 9.64 Å². The SMILES string of the molecule is COc1cc(CN2CCN(C)C(=O)C2(C)C)ccc1C#N. The molecule has 1 heterocycles. The lowest BCUT2D eigenvalue weighted by molar-refractivity contribution is -0.147. The number of hydrogen-bond donors (Lipinski definition) is 0. The van der Waals surface area contributed by atoms with Crippen LogP contribution in [0, 0.1) is 11.3 Å². The van der Waals surface area contributed by atoms with Crippen molar-refractivity contribution >= 4 is 5.91 Å². The predicted molar refractivity (Wildman–Crippen MR) is 79.8 cm³/mol. The van der Waals surface area contributed by atoms with E-state index in [1.807, 2.05) is 33.0 Å². The minimum Gasteiger partial charge on any atom is -0.495 e. The van der Waals surface area contributed by atoms with Crippen LogP contribution in [0.5, 0.6) is 5.75 Å². The number of methoxy groups -OCH3 is 1. The normalized spacial score (nSPS) is 18.4. The van der Waals surface area contributed by atoms with Crippen LogP contribution in [0.15, 0.2) is 18.2 Å². The van der Waals surface area contributed by atoms with Crippen molar-refractivity contribution in [3.05, 3.63) is 29.3 Å². The van der Waals surface area contributed by atoms with E-state index in [-0.39, 0.29) is 5.91 Å². The Kier molecular flexibility index (Phi) is 4.19. The first kappa shape index (κ1) is 15.3. The number of amides is 1. The molecular weight excluding hydrogens is 266 g/mol. The molecule has 1 aromatic carbocycles. The Morgan fingerprint density at radius 2 is 2.10 bits per heavy atom. The average Bonchev–Trinajstić information content (AvgIpc) is 2.48. The number of benzene rings is 1. The van der Waals surface area contributed by atoms with Gasteiger partial charge in [-0.3, -0.25) is 9.69 Å². The van der Waals surface area contributed by atoms with E-state index in [1.165, 1.54) is 0 Å². The monoisotopic (exact) mass is 287 g/mol. The van der Waals surface area contributed by atoms with Gasteiger partial charge in [0.1, 0.15) is 11.8 Å². The quantitative estimate of drug-likeness (QED) is 0.847. The second kappa shape index (κ2) is 5.74. The van der Waals surface area contributed by atoms with Crippen molar-refractivity contribution in [1.29, 1.82) is 5.26 Å².